The van der Waals surface area contributed by atoms with E-state index in [9.17, 15) is 49.3 Å². The van der Waals surface area contributed by atoms with Crippen LogP contribution >= 0.6 is 0 Å². The number of amides is 4. The number of aliphatic hydroxyl groups excluding tert-OH is 1. The fourth-order valence-electron chi connectivity index (χ4n) is 8.70. The van der Waals surface area contributed by atoms with Crippen LogP contribution in [0.15, 0.2) is 127 Å². The average molecular weight is 1010 g/mol. The average Bonchev–Trinajstić information content (AvgIpc) is 3.40. The van der Waals surface area contributed by atoms with Gasteiger partial charge in [0.25, 0.3) is 17.3 Å². The predicted molar refractivity (Wildman–Crippen MR) is 276 cm³/mol. The summed E-state index contributed by atoms with van der Waals surface area (Å²) in [6, 6.07) is 29.1. The maximum absolute atomic E-state index is 14.5. The van der Waals surface area contributed by atoms with Crippen LogP contribution in [0.2, 0.25) is 0 Å². The van der Waals surface area contributed by atoms with E-state index in [0.29, 0.717) is 49.9 Å². The van der Waals surface area contributed by atoms with Crippen LogP contribution in [0.4, 0.5) is 17.2 Å². The van der Waals surface area contributed by atoms with Crippen molar-refractivity contribution in [2.75, 3.05) is 51.1 Å². The van der Waals surface area contributed by atoms with Gasteiger partial charge in [-0.15, -0.1) is 0 Å². The highest BCUT2D eigenvalue weighted by Gasteiger charge is 2.34. The Labute approximate surface area is 427 Å². The van der Waals surface area contributed by atoms with Crippen molar-refractivity contribution >= 4 is 58.8 Å². The molecule has 0 radical (unpaired) electrons. The van der Waals surface area contributed by atoms with Gasteiger partial charge in [0.15, 0.2) is 5.78 Å². The Bertz CT molecular complexity index is 2800. The van der Waals surface area contributed by atoms with E-state index < -0.39 is 33.8 Å². The van der Waals surface area contributed by atoms with E-state index in [1.54, 1.807) is 12.2 Å². The Hall–Kier alpha value is -8.49. The molecule has 1 fully saturated rings. The molecule has 3 heterocycles. The molecule has 1 saturated heterocycles. The number of likely N-dealkylation sites (tertiary alicyclic amines) is 1. The second kappa shape index (κ2) is 26.3. The van der Waals surface area contributed by atoms with Crippen LogP contribution in [-0.4, -0.2) is 122 Å². The standard InChI is InChI=1S/C54H58N10O10/c65-46(35-61-25-23-40-12-7-8-13-41(40)32-61)30-57-53(69)47-29-49(59-36-58-47)56-31-51(67)55-24-9-2-1-6-14-50(66)60-48(28-37-10-4-3-5-11-37)54(70)62-33-42(26-38-15-19-44(20-16-38)63(71)72)52(68)43(34-62)27-39-17-21-45(22-18-39)64(73)74/h3-5,7-8,10-13,15-22,26-27,29,36,46,48,65H,1-2,6,9,14,23-25,28,30-35H2,(H,55,67)(H,57,69)(H,60,66)(H,56,58,59)/b42-26+,43-27+. The Kier molecular flexibility index (Phi) is 18.9. The number of nitro groups is 2. The zero-order valence-electron chi connectivity index (χ0n) is 40.7. The first-order valence-electron chi connectivity index (χ1n) is 24.4. The van der Waals surface area contributed by atoms with Crippen molar-refractivity contribution in [3.8, 4) is 0 Å². The van der Waals surface area contributed by atoms with Crippen molar-refractivity contribution in [1.82, 2.24) is 35.7 Å². The number of nitrogens with zero attached hydrogens (tertiary/aromatic N) is 6. The van der Waals surface area contributed by atoms with Crippen molar-refractivity contribution in [1.29, 1.82) is 0 Å². The molecule has 20 heteroatoms. The number of nitro benzene ring substituents is 2. The lowest BCUT2D eigenvalue weighted by Crippen LogP contribution is -2.52. The summed E-state index contributed by atoms with van der Waals surface area (Å²) < 4.78 is 0. The number of hydrogen-bond acceptors (Lipinski definition) is 14. The molecule has 2 aliphatic rings. The first-order valence-corrected chi connectivity index (χ1v) is 24.4. The van der Waals surface area contributed by atoms with Gasteiger partial charge in [0.1, 0.15) is 23.9 Å². The summed E-state index contributed by atoms with van der Waals surface area (Å²) >= 11 is 0. The molecule has 0 spiro atoms. The lowest BCUT2D eigenvalue weighted by Gasteiger charge is -2.33. The van der Waals surface area contributed by atoms with Crippen molar-refractivity contribution in [2.45, 2.75) is 63.6 Å². The summed E-state index contributed by atoms with van der Waals surface area (Å²) in [5.74, 6) is -1.61. The lowest BCUT2D eigenvalue weighted by molar-refractivity contribution is -0.385. The first-order chi connectivity index (χ1) is 35.8. The molecule has 2 aliphatic heterocycles. The molecular weight excluding hydrogens is 949 g/mol. The largest absolute Gasteiger partial charge is 0.390 e. The fourth-order valence-corrected chi connectivity index (χ4v) is 8.70. The van der Waals surface area contributed by atoms with Gasteiger partial charge in [-0.25, -0.2) is 9.97 Å². The van der Waals surface area contributed by atoms with Crippen molar-refractivity contribution in [3.05, 3.63) is 180 Å². The van der Waals surface area contributed by atoms with Gasteiger partial charge in [0.05, 0.1) is 22.5 Å². The number of unbranched alkanes of at least 4 members (excludes halogenated alkanes) is 3. The summed E-state index contributed by atoms with van der Waals surface area (Å²) in [6.45, 7) is 2.11. The third-order valence-electron chi connectivity index (χ3n) is 12.6. The number of rotatable bonds is 23. The van der Waals surface area contributed by atoms with Gasteiger partial charge in [-0.05, 0) is 83.5 Å². The van der Waals surface area contributed by atoms with Gasteiger partial charge < -0.3 is 31.3 Å². The summed E-state index contributed by atoms with van der Waals surface area (Å²) in [5, 5.41) is 44.6. The van der Waals surface area contributed by atoms with Gasteiger partial charge in [0.2, 0.25) is 17.7 Å². The molecule has 0 saturated carbocycles. The highest BCUT2D eigenvalue weighted by Crippen LogP contribution is 2.26. The SMILES string of the molecule is O=C(CNc1cc(C(=O)NCC(O)CN2CCc3ccccc3C2)ncn1)NCCCCCCC(=O)NC(Cc1ccccc1)C(=O)N1C/C(=C\c2ccc([N+](=O)[O-])cc2)C(=O)/C(=C/c2ccc([N+](=O)[O-])cc2)C1. The molecule has 4 aromatic carbocycles. The molecule has 7 rings (SSSR count). The number of carbonyl (C=O) groups excluding carboxylic acids is 5. The lowest BCUT2D eigenvalue weighted by atomic mass is 9.93. The van der Waals surface area contributed by atoms with Crippen LogP contribution in [0.25, 0.3) is 12.2 Å². The number of ketones is 1. The van der Waals surface area contributed by atoms with Crippen LogP contribution in [0, 0.1) is 20.2 Å². The minimum absolute atomic E-state index is 0.0480. The molecule has 384 valence electrons. The number of fused-ring (bicyclic) bond motifs is 1. The van der Waals surface area contributed by atoms with E-state index in [0.717, 1.165) is 25.1 Å². The number of hydrogen-bond donors (Lipinski definition) is 5. The highest BCUT2D eigenvalue weighted by atomic mass is 16.6. The molecule has 1 aromatic heterocycles. The van der Waals surface area contributed by atoms with E-state index >= 15 is 0 Å². The van der Waals surface area contributed by atoms with E-state index in [1.165, 1.54) is 77.0 Å². The van der Waals surface area contributed by atoms with Gasteiger partial charge in [-0.3, -0.25) is 49.1 Å². The molecule has 0 aliphatic carbocycles. The van der Waals surface area contributed by atoms with E-state index in [4.69, 9.17) is 0 Å². The minimum atomic E-state index is -0.998. The van der Waals surface area contributed by atoms with Gasteiger partial charge in [0, 0.05) is 100 Å². The van der Waals surface area contributed by atoms with Gasteiger partial charge in [-0.2, -0.15) is 0 Å². The zero-order valence-corrected chi connectivity index (χ0v) is 40.7. The molecule has 74 heavy (non-hydrogen) atoms. The normalized spacial score (nSPS) is 15.4. The van der Waals surface area contributed by atoms with Crippen molar-refractivity contribution in [3.63, 3.8) is 0 Å². The quantitative estimate of drug-likeness (QED) is 0.0243. The Morgan fingerprint density at radius 1 is 0.730 bits per heavy atom. The van der Waals surface area contributed by atoms with Crippen LogP contribution < -0.4 is 21.3 Å². The third kappa shape index (κ3) is 15.8. The Morgan fingerprint density at radius 3 is 2.00 bits per heavy atom. The number of β-amino-alcohol motifs (C(OH)–C–C–N with tert-alkyl or cyclic N) is 1. The van der Waals surface area contributed by atoms with Crippen molar-refractivity contribution < 1.29 is 38.9 Å². The second-order valence-corrected chi connectivity index (χ2v) is 18.1. The number of Topliss-reactive ketones (excluding diaryl/α,β-unsaturated/α-hetero) is 1. The molecule has 0 bridgehead atoms. The topological polar surface area (TPSA) is 272 Å². The molecule has 2 unspecified atom stereocenters. The number of aliphatic hydroxyl groups is 1. The monoisotopic (exact) mass is 1010 g/mol. The summed E-state index contributed by atoms with van der Waals surface area (Å²) in [5.41, 5.74) is 4.64. The maximum atomic E-state index is 14.5. The Morgan fingerprint density at radius 2 is 1.35 bits per heavy atom. The van der Waals surface area contributed by atoms with E-state index in [-0.39, 0.29) is 90.7 Å². The molecular formula is C54H58N10O10. The molecule has 5 aromatic rings. The van der Waals surface area contributed by atoms with Gasteiger partial charge >= 0.3 is 0 Å². The molecule has 4 amide bonds. The zero-order chi connectivity index (χ0) is 52.4. The number of piperidine rings is 1. The van der Waals surface area contributed by atoms with Crippen LogP contribution in [0.5, 0.6) is 0 Å². The number of anilines is 1. The summed E-state index contributed by atoms with van der Waals surface area (Å²) in [4.78, 5) is 101. The minimum Gasteiger partial charge on any atom is -0.390 e. The first kappa shape index (κ1) is 53.3. The molecule has 20 nitrogen and oxygen atoms in total. The number of non-ortho nitro benzene ring substituents is 2. The number of benzene rings is 4. The van der Waals surface area contributed by atoms with Crippen LogP contribution in [-0.2, 0) is 38.6 Å². The Balaban J connectivity index is 0.860. The second-order valence-electron chi connectivity index (χ2n) is 18.1. The third-order valence-corrected chi connectivity index (χ3v) is 12.6. The summed E-state index contributed by atoms with van der Waals surface area (Å²) in [7, 11) is 0. The van der Waals surface area contributed by atoms with Crippen LogP contribution in [0.1, 0.15) is 70.4 Å². The highest BCUT2D eigenvalue weighted by molar-refractivity contribution is 6.15. The molecule has 2 atom stereocenters. The van der Waals surface area contributed by atoms with E-state index in [2.05, 4.69) is 48.3 Å². The van der Waals surface area contributed by atoms with Gasteiger partial charge in [-0.1, -0.05) is 67.4 Å². The molecule has 5 N–H and O–H groups in total. The summed E-state index contributed by atoms with van der Waals surface area (Å²) in [6.07, 6.45) is 7.35. The smallest absolute Gasteiger partial charge is 0.270 e. The number of nitrogens with one attached hydrogen (secondary N) is 4. The predicted octanol–water partition coefficient (Wildman–Crippen LogP) is 5.23. The van der Waals surface area contributed by atoms with E-state index in [1.807, 2.05) is 42.5 Å². The maximum Gasteiger partial charge on any atom is 0.270 e. The fraction of sp³-hybridized carbons (Fsp3) is 0.315. The van der Waals surface area contributed by atoms with Crippen LogP contribution in [0.3, 0.4) is 0 Å². The van der Waals surface area contributed by atoms with Crippen molar-refractivity contribution in [2.24, 2.45) is 0 Å². The number of carbonyl (C=O) groups is 5. The number of aromatic nitrogens is 2.